The van der Waals surface area contributed by atoms with Gasteiger partial charge in [-0.25, -0.2) is 0 Å². The Morgan fingerprint density at radius 3 is 2.89 bits per heavy atom. The maximum Gasteiger partial charge on any atom is 0.0697 e. The van der Waals surface area contributed by atoms with Crippen LogP contribution >= 0.6 is 11.6 Å². The number of aliphatic hydroxyl groups excluding tert-OH is 1. The Labute approximate surface area is 58.1 Å². The van der Waals surface area contributed by atoms with Gasteiger partial charge in [-0.3, -0.25) is 4.98 Å². The van der Waals surface area contributed by atoms with E-state index in [0.717, 1.165) is 0 Å². The molecule has 0 aromatic carbocycles. The van der Waals surface area contributed by atoms with Gasteiger partial charge >= 0.3 is 0 Å². The second kappa shape index (κ2) is 2.80. The number of hydrogen-bond acceptors (Lipinski definition) is 2. The SMILES string of the molecule is OCc1ccncc1Cl. The monoisotopic (exact) mass is 143 g/mol. The molecular formula is C6H6ClNO. The molecule has 1 aromatic rings. The second-order valence-corrected chi connectivity index (χ2v) is 2.03. The third kappa shape index (κ3) is 1.40. The molecule has 1 heterocycles. The van der Waals surface area contributed by atoms with Gasteiger partial charge in [0.15, 0.2) is 0 Å². The molecule has 0 unspecified atom stereocenters. The third-order valence-corrected chi connectivity index (χ3v) is 1.37. The van der Waals surface area contributed by atoms with E-state index in [1.165, 1.54) is 6.20 Å². The number of hydrogen-bond donors (Lipinski definition) is 1. The summed E-state index contributed by atoms with van der Waals surface area (Å²) in [5.74, 6) is 0. The summed E-state index contributed by atoms with van der Waals surface area (Å²) < 4.78 is 0. The molecule has 0 atom stereocenters. The minimum atomic E-state index is -0.0264. The fourth-order valence-corrected chi connectivity index (χ4v) is 0.711. The molecule has 0 bridgehead atoms. The predicted molar refractivity (Wildman–Crippen MR) is 35.2 cm³/mol. The topological polar surface area (TPSA) is 33.1 Å². The largest absolute Gasteiger partial charge is 0.392 e. The van der Waals surface area contributed by atoms with Crippen LogP contribution in [0.1, 0.15) is 5.56 Å². The van der Waals surface area contributed by atoms with Crippen LogP contribution in [0.3, 0.4) is 0 Å². The van der Waals surface area contributed by atoms with Crippen LogP contribution in [0.5, 0.6) is 0 Å². The highest BCUT2D eigenvalue weighted by atomic mass is 35.5. The maximum absolute atomic E-state index is 8.61. The van der Waals surface area contributed by atoms with E-state index in [1.807, 2.05) is 0 Å². The lowest BCUT2D eigenvalue weighted by Gasteiger charge is -1.94. The molecule has 0 aliphatic carbocycles. The summed E-state index contributed by atoms with van der Waals surface area (Å²) in [5, 5.41) is 9.12. The van der Waals surface area contributed by atoms with Crippen LogP contribution in [0.2, 0.25) is 5.02 Å². The molecule has 9 heavy (non-hydrogen) atoms. The van der Waals surface area contributed by atoms with Crippen LogP contribution in [-0.2, 0) is 6.61 Å². The van der Waals surface area contributed by atoms with Crippen molar-refractivity contribution < 1.29 is 5.11 Å². The van der Waals surface area contributed by atoms with Crippen molar-refractivity contribution in [2.45, 2.75) is 6.61 Å². The zero-order valence-electron chi connectivity index (χ0n) is 4.71. The molecule has 0 fully saturated rings. The van der Waals surface area contributed by atoms with Crippen LogP contribution in [0.25, 0.3) is 0 Å². The fraction of sp³-hybridized carbons (Fsp3) is 0.167. The summed E-state index contributed by atoms with van der Waals surface area (Å²) in [6, 6.07) is 1.68. The van der Waals surface area contributed by atoms with E-state index in [9.17, 15) is 0 Å². The minimum absolute atomic E-state index is 0.0264. The van der Waals surface area contributed by atoms with Crippen molar-refractivity contribution in [2.75, 3.05) is 0 Å². The van der Waals surface area contributed by atoms with Crippen molar-refractivity contribution in [3.63, 3.8) is 0 Å². The van der Waals surface area contributed by atoms with Crippen LogP contribution in [-0.4, -0.2) is 10.1 Å². The number of aromatic nitrogens is 1. The van der Waals surface area contributed by atoms with Crippen LogP contribution in [0.4, 0.5) is 0 Å². The first kappa shape index (κ1) is 6.52. The molecule has 0 spiro atoms. The molecule has 0 aliphatic rings. The quantitative estimate of drug-likeness (QED) is 0.642. The lowest BCUT2D eigenvalue weighted by molar-refractivity contribution is 0.282. The Morgan fingerprint density at radius 1 is 1.67 bits per heavy atom. The summed E-state index contributed by atoms with van der Waals surface area (Å²) in [6.45, 7) is -0.0264. The van der Waals surface area contributed by atoms with Crippen molar-refractivity contribution in [3.8, 4) is 0 Å². The Balaban J connectivity index is 3.01. The Hall–Kier alpha value is -0.600. The fourth-order valence-electron chi connectivity index (χ4n) is 0.532. The van der Waals surface area contributed by atoms with E-state index >= 15 is 0 Å². The zero-order chi connectivity index (χ0) is 6.69. The van der Waals surface area contributed by atoms with Gasteiger partial charge in [0.2, 0.25) is 0 Å². The lowest BCUT2D eigenvalue weighted by Crippen LogP contribution is -1.83. The second-order valence-electron chi connectivity index (χ2n) is 1.63. The van der Waals surface area contributed by atoms with Gasteiger partial charge in [-0.1, -0.05) is 11.6 Å². The lowest BCUT2D eigenvalue weighted by atomic mass is 10.3. The first-order chi connectivity index (χ1) is 4.34. The van der Waals surface area contributed by atoms with Gasteiger partial charge in [0.05, 0.1) is 11.6 Å². The number of nitrogens with zero attached hydrogens (tertiary/aromatic N) is 1. The van der Waals surface area contributed by atoms with Crippen molar-refractivity contribution in [1.82, 2.24) is 4.98 Å². The van der Waals surface area contributed by atoms with Gasteiger partial charge in [0.25, 0.3) is 0 Å². The number of halogens is 1. The molecule has 2 nitrogen and oxygen atoms in total. The predicted octanol–water partition coefficient (Wildman–Crippen LogP) is 1.23. The molecule has 0 aliphatic heterocycles. The molecule has 1 aromatic heterocycles. The number of rotatable bonds is 1. The highest BCUT2D eigenvalue weighted by Gasteiger charge is 1.94. The highest BCUT2D eigenvalue weighted by molar-refractivity contribution is 6.31. The maximum atomic E-state index is 8.61. The van der Waals surface area contributed by atoms with E-state index < -0.39 is 0 Å². The molecule has 0 amide bonds. The van der Waals surface area contributed by atoms with E-state index in [2.05, 4.69) is 4.98 Å². The van der Waals surface area contributed by atoms with Crippen LogP contribution < -0.4 is 0 Å². The van der Waals surface area contributed by atoms with Gasteiger partial charge in [-0.2, -0.15) is 0 Å². The smallest absolute Gasteiger partial charge is 0.0697 e. The molecular weight excluding hydrogens is 138 g/mol. The summed E-state index contributed by atoms with van der Waals surface area (Å²) >= 11 is 5.60. The van der Waals surface area contributed by atoms with Gasteiger partial charge in [-0.15, -0.1) is 0 Å². The molecule has 0 saturated heterocycles. The van der Waals surface area contributed by atoms with E-state index in [0.29, 0.717) is 10.6 Å². The Morgan fingerprint density at radius 2 is 2.44 bits per heavy atom. The van der Waals surface area contributed by atoms with Gasteiger partial charge in [0.1, 0.15) is 0 Å². The summed E-state index contributed by atoms with van der Waals surface area (Å²) in [4.78, 5) is 3.75. The molecule has 1 rings (SSSR count). The highest BCUT2D eigenvalue weighted by Crippen LogP contribution is 2.11. The number of pyridine rings is 1. The first-order valence-electron chi connectivity index (χ1n) is 2.54. The Kier molecular flexibility index (Phi) is 2.03. The van der Waals surface area contributed by atoms with Gasteiger partial charge < -0.3 is 5.11 Å². The first-order valence-corrected chi connectivity index (χ1v) is 2.91. The van der Waals surface area contributed by atoms with Gasteiger partial charge in [0, 0.05) is 12.4 Å². The number of aliphatic hydroxyl groups is 1. The normalized spacial score (nSPS) is 9.56. The summed E-state index contributed by atoms with van der Waals surface area (Å²) in [5.41, 5.74) is 0.715. The van der Waals surface area contributed by atoms with Crippen LogP contribution in [0, 0.1) is 0 Å². The third-order valence-electron chi connectivity index (χ3n) is 1.03. The molecule has 0 saturated carbocycles. The standard InChI is InChI=1S/C6H6ClNO/c7-6-3-8-2-1-5(6)4-9/h1-3,9H,4H2. The molecule has 3 heteroatoms. The zero-order valence-corrected chi connectivity index (χ0v) is 5.47. The van der Waals surface area contributed by atoms with Crippen LogP contribution in [0.15, 0.2) is 18.5 Å². The van der Waals surface area contributed by atoms with Crippen molar-refractivity contribution >= 4 is 11.6 Å². The van der Waals surface area contributed by atoms with Crippen molar-refractivity contribution in [3.05, 3.63) is 29.0 Å². The molecule has 48 valence electrons. The molecule has 0 radical (unpaired) electrons. The van der Waals surface area contributed by atoms with E-state index in [-0.39, 0.29) is 6.61 Å². The van der Waals surface area contributed by atoms with Crippen molar-refractivity contribution in [1.29, 1.82) is 0 Å². The molecule has 1 N–H and O–H groups in total. The average molecular weight is 144 g/mol. The average Bonchev–Trinajstić information content (AvgIpc) is 1.89. The van der Waals surface area contributed by atoms with E-state index in [1.54, 1.807) is 12.3 Å². The Bertz CT molecular complexity index is 202. The van der Waals surface area contributed by atoms with E-state index in [4.69, 9.17) is 16.7 Å². The summed E-state index contributed by atoms with van der Waals surface area (Å²) in [6.07, 6.45) is 3.10. The minimum Gasteiger partial charge on any atom is -0.392 e. The summed E-state index contributed by atoms with van der Waals surface area (Å²) in [7, 11) is 0. The van der Waals surface area contributed by atoms with Crippen molar-refractivity contribution in [2.24, 2.45) is 0 Å². The van der Waals surface area contributed by atoms with Gasteiger partial charge in [-0.05, 0) is 11.6 Å².